The first-order valence-corrected chi connectivity index (χ1v) is 5.95. The van der Waals surface area contributed by atoms with Gasteiger partial charge >= 0.3 is 0 Å². The molecule has 0 aliphatic carbocycles. The Labute approximate surface area is 108 Å². The smallest absolute Gasteiger partial charge is 0.0470 e. The summed E-state index contributed by atoms with van der Waals surface area (Å²) >= 11 is 0. The standard InChI is InChI=1S/C11H11N.C5H5N/c1-2-6-11(7-3-1)10-12-8-4-5-9-12;1-2-4-6-5-3-1/h1-9H,10H2;1-5H. The van der Waals surface area contributed by atoms with Crippen molar-refractivity contribution >= 4 is 0 Å². The first-order valence-electron chi connectivity index (χ1n) is 5.95. The Morgan fingerprint density at radius 3 is 1.83 bits per heavy atom. The van der Waals surface area contributed by atoms with E-state index in [-0.39, 0.29) is 0 Å². The van der Waals surface area contributed by atoms with E-state index in [2.05, 4.69) is 46.2 Å². The maximum absolute atomic E-state index is 3.78. The number of pyridine rings is 1. The minimum absolute atomic E-state index is 0.966. The van der Waals surface area contributed by atoms with Gasteiger partial charge in [0.2, 0.25) is 0 Å². The van der Waals surface area contributed by atoms with E-state index in [0.29, 0.717) is 0 Å². The van der Waals surface area contributed by atoms with Crippen LogP contribution in [0, 0.1) is 0 Å². The molecule has 0 spiro atoms. The van der Waals surface area contributed by atoms with E-state index in [1.165, 1.54) is 5.56 Å². The molecule has 3 rings (SSSR count). The highest BCUT2D eigenvalue weighted by molar-refractivity contribution is 5.15. The SMILES string of the molecule is c1ccc(Cn2cccc2)cc1.c1ccncc1. The molecule has 0 amide bonds. The summed E-state index contributed by atoms with van der Waals surface area (Å²) in [5, 5.41) is 0. The lowest BCUT2D eigenvalue weighted by Crippen LogP contribution is -1.94. The van der Waals surface area contributed by atoms with E-state index in [1.54, 1.807) is 12.4 Å². The van der Waals surface area contributed by atoms with Crippen LogP contribution in [-0.4, -0.2) is 9.55 Å². The van der Waals surface area contributed by atoms with Gasteiger partial charge in [-0.25, -0.2) is 0 Å². The molecular formula is C16H16N2. The summed E-state index contributed by atoms with van der Waals surface area (Å²) in [6.07, 6.45) is 7.65. The van der Waals surface area contributed by atoms with Crippen molar-refractivity contribution in [2.45, 2.75) is 6.54 Å². The van der Waals surface area contributed by atoms with Crippen molar-refractivity contribution in [3.8, 4) is 0 Å². The van der Waals surface area contributed by atoms with Gasteiger partial charge in [0.1, 0.15) is 0 Å². The molecule has 0 saturated carbocycles. The number of hydrogen-bond acceptors (Lipinski definition) is 1. The molecule has 2 aromatic heterocycles. The van der Waals surface area contributed by atoms with Gasteiger partial charge in [-0.1, -0.05) is 36.4 Å². The summed E-state index contributed by atoms with van der Waals surface area (Å²) in [7, 11) is 0. The molecule has 0 aliphatic rings. The van der Waals surface area contributed by atoms with Gasteiger partial charge in [-0.15, -0.1) is 0 Å². The van der Waals surface area contributed by atoms with E-state index < -0.39 is 0 Å². The van der Waals surface area contributed by atoms with Gasteiger partial charge in [0.25, 0.3) is 0 Å². The fourth-order valence-corrected chi connectivity index (χ4v) is 1.58. The predicted molar refractivity (Wildman–Crippen MR) is 74.2 cm³/mol. The van der Waals surface area contributed by atoms with Crippen molar-refractivity contribution in [3.05, 3.63) is 91.0 Å². The molecule has 0 saturated heterocycles. The normalized spacial score (nSPS) is 9.33. The minimum atomic E-state index is 0.966. The zero-order valence-corrected chi connectivity index (χ0v) is 10.2. The van der Waals surface area contributed by atoms with Crippen molar-refractivity contribution in [1.82, 2.24) is 9.55 Å². The first-order chi connectivity index (χ1) is 8.95. The molecule has 2 heteroatoms. The van der Waals surface area contributed by atoms with Gasteiger partial charge < -0.3 is 4.57 Å². The maximum Gasteiger partial charge on any atom is 0.0470 e. The fraction of sp³-hybridized carbons (Fsp3) is 0.0625. The summed E-state index contributed by atoms with van der Waals surface area (Å²) < 4.78 is 2.16. The van der Waals surface area contributed by atoms with Gasteiger partial charge in [0, 0.05) is 31.3 Å². The van der Waals surface area contributed by atoms with Gasteiger partial charge in [-0.3, -0.25) is 4.98 Å². The highest BCUT2D eigenvalue weighted by Crippen LogP contribution is 2.01. The predicted octanol–water partition coefficient (Wildman–Crippen LogP) is 3.62. The molecule has 0 fully saturated rings. The van der Waals surface area contributed by atoms with Crippen LogP contribution in [0.15, 0.2) is 85.5 Å². The third-order valence-electron chi connectivity index (χ3n) is 2.44. The summed E-state index contributed by atoms with van der Waals surface area (Å²) in [6, 6.07) is 20.3. The van der Waals surface area contributed by atoms with Gasteiger partial charge in [-0.2, -0.15) is 0 Å². The Kier molecular flexibility index (Phi) is 4.76. The number of hydrogen-bond donors (Lipinski definition) is 0. The monoisotopic (exact) mass is 236 g/mol. The number of benzene rings is 1. The van der Waals surface area contributed by atoms with E-state index in [0.717, 1.165) is 6.54 Å². The summed E-state index contributed by atoms with van der Waals surface area (Å²) in [4.78, 5) is 3.78. The third kappa shape index (κ3) is 4.26. The lowest BCUT2D eigenvalue weighted by atomic mass is 10.2. The molecule has 3 aromatic rings. The molecule has 0 radical (unpaired) electrons. The van der Waals surface area contributed by atoms with E-state index >= 15 is 0 Å². The lowest BCUT2D eigenvalue weighted by molar-refractivity contribution is 0.806. The zero-order chi connectivity index (χ0) is 12.5. The summed E-state index contributed by atoms with van der Waals surface area (Å²) in [6.45, 7) is 0.966. The molecule has 0 unspecified atom stereocenters. The van der Waals surface area contributed by atoms with Gasteiger partial charge in [0.15, 0.2) is 0 Å². The molecule has 2 heterocycles. The Morgan fingerprint density at radius 1 is 0.722 bits per heavy atom. The molecule has 18 heavy (non-hydrogen) atoms. The van der Waals surface area contributed by atoms with Gasteiger partial charge in [0.05, 0.1) is 0 Å². The van der Waals surface area contributed by atoms with Crippen LogP contribution in [0.1, 0.15) is 5.56 Å². The molecule has 0 N–H and O–H groups in total. The minimum Gasteiger partial charge on any atom is -0.350 e. The molecule has 0 bridgehead atoms. The van der Waals surface area contributed by atoms with Crippen LogP contribution in [0.3, 0.4) is 0 Å². The Morgan fingerprint density at radius 2 is 1.33 bits per heavy atom. The quantitative estimate of drug-likeness (QED) is 0.664. The molecular weight excluding hydrogens is 220 g/mol. The van der Waals surface area contributed by atoms with Crippen molar-refractivity contribution in [2.75, 3.05) is 0 Å². The molecule has 1 aromatic carbocycles. The average molecular weight is 236 g/mol. The number of nitrogens with zero attached hydrogens (tertiary/aromatic N) is 2. The zero-order valence-electron chi connectivity index (χ0n) is 10.2. The van der Waals surface area contributed by atoms with Crippen molar-refractivity contribution < 1.29 is 0 Å². The first kappa shape index (κ1) is 12.1. The van der Waals surface area contributed by atoms with Crippen molar-refractivity contribution in [1.29, 1.82) is 0 Å². The van der Waals surface area contributed by atoms with Crippen LogP contribution in [0.2, 0.25) is 0 Å². The largest absolute Gasteiger partial charge is 0.350 e. The van der Waals surface area contributed by atoms with Crippen LogP contribution in [0.5, 0.6) is 0 Å². The highest BCUT2D eigenvalue weighted by atomic mass is 14.9. The highest BCUT2D eigenvalue weighted by Gasteiger charge is 1.90. The molecule has 2 nitrogen and oxygen atoms in total. The van der Waals surface area contributed by atoms with E-state index in [4.69, 9.17) is 0 Å². The Balaban J connectivity index is 0.000000169. The van der Waals surface area contributed by atoms with Crippen LogP contribution in [0.25, 0.3) is 0 Å². The van der Waals surface area contributed by atoms with Crippen LogP contribution in [-0.2, 0) is 6.54 Å². The fourth-order valence-electron chi connectivity index (χ4n) is 1.58. The summed E-state index contributed by atoms with van der Waals surface area (Å²) in [5.74, 6) is 0. The Bertz CT molecular complexity index is 489. The van der Waals surface area contributed by atoms with Crippen molar-refractivity contribution in [3.63, 3.8) is 0 Å². The topological polar surface area (TPSA) is 17.8 Å². The van der Waals surface area contributed by atoms with Crippen LogP contribution >= 0.6 is 0 Å². The summed E-state index contributed by atoms with van der Waals surface area (Å²) in [5.41, 5.74) is 1.34. The maximum atomic E-state index is 3.78. The third-order valence-corrected chi connectivity index (χ3v) is 2.44. The second kappa shape index (κ2) is 7.07. The second-order valence-corrected chi connectivity index (χ2v) is 3.87. The molecule has 90 valence electrons. The van der Waals surface area contributed by atoms with Crippen LogP contribution < -0.4 is 0 Å². The average Bonchev–Trinajstić information content (AvgIpc) is 2.96. The molecule has 0 atom stereocenters. The van der Waals surface area contributed by atoms with Crippen LogP contribution in [0.4, 0.5) is 0 Å². The number of aromatic nitrogens is 2. The Hall–Kier alpha value is -2.35. The van der Waals surface area contributed by atoms with Crippen molar-refractivity contribution in [2.24, 2.45) is 0 Å². The second-order valence-electron chi connectivity index (χ2n) is 3.87. The lowest BCUT2D eigenvalue weighted by Gasteiger charge is -2.01. The van der Waals surface area contributed by atoms with Gasteiger partial charge in [-0.05, 0) is 29.8 Å². The van der Waals surface area contributed by atoms with E-state index in [9.17, 15) is 0 Å². The van der Waals surface area contributed by atoms with E-state index in [1.807, 2.05) is 36.4 Å². The molecule has 0 aliphatic heterocycles. The number of rotatable bonds is 2.